The smallest absolute Gasteiger partial charge is 0.292 e. The molecule has 0 saturated heterocycles. The highest BCUT2D eigenvalue weighted by Crippen LogP contribution is 2.27. The second kappa shape index (κ2) is 6.83. The van der Waals surface area contributed by atoms with Crippen LogP contribution < -0.4 is 10.0 Å². The van der Waals surface area contributed by atoms with Gasteiger partial charge in [0.05, 0.1) is 10.7 Å². The van der Waals surface area contributed by atoms with Crippen molar-refractivity contribution in [1.29, 1.82) is 0 Å². The van der Waals surface area contributed by atoms with Crippen molar-refractivity contribution in [3.63, 3.8) is 0 Å². The number of halogens is 1. The maximum atomic E-state index is 11.4. The Balaban J connectivity index is 2.73. The number of nitro benzene ring substituents is 1. The highest BCUT2D eigenvalue weighted by Gasteiger charge is 2.14. The Kier molecular flexibility index (Phi) is 5.70. The summed E-state index contributed by atoms with van der Waals surface area (Å²) >= 11 is 3.21. The fraction of sp³-hybridized carbons (Fsp3) is 0.400. The van der Waals surface area contributed by atoms with Crippen molar-refractivity contribution < 1.29 is 13.3 Å². The summed E-state index contributed by atoms with van der Waals surface area (Å²) in [6.07, 6.45) is 0. The van der Waals surface area contributed by atoms with Crippen LogP contribution in [0.25, 0.3) is 0 Å². The summed E-state index contributed by atoms with van der Waals surface area (Å²) in [7, 11) is -3.34. The second-order valence-corrected chi connectivity index (χ2v) is 6.50. The predicted molar refractivity (Wildman–Crippen MR) is 76.7 cm³/mol. The van der Waals surface area contributed by atoms with Gasteiger partial charge in [0, 0.05) is 23.6 Å². The van der Waals surface area contributed by atoms with Crippen LogP contribution in [0.5, 0.6) is 0 Å². The maximum absolute atomic E-state index is 11.4. The molecule has 0 aliphatic rings. The minimum Gasteiger partial charge on any atom is -0.378 e. The van der Waals surface area contributed by atoms with E-state index in [9.17, 15) is 18.5 Å². The number of anilines is 1. The summed E-state index contributed by atoms with van der Waals surface area (Å²) in [6, 6.07) is 4.45. The Bertz CT molecular complexity index is 562. The standard InChI is InChI=1S/C10H14BrN3O4S/c1-2-13-19(17,18)6-5-12-9-7-8(11)3-4-10(9)14(15)16/h3-4,7,12-13H,2,5-6H2,1H3. The average molecular weight is 352 g/mol. The first kappa shape index (κ1) is 15.9. The number of hydrogen-bond acceptors (Lipinski definition) is 5. The van der Waals surface area contributed by atoms with Gasteiger partial charge in [-0.05, 0) is 12.1 Å². The van der Waals surface area contributed by atoms with Crippen molar-refractivity contribution in [3.8, 4) is 0 Å². The van der Waals surface area contributed by atoms with E-state index in [0.29, 0.717) is 11.0 Å². The van der Waals surface area contributed by atoms with Gasteiger partial charge in [0.15, 0.2) is 0 Å². The van der Waals surface area contributed by atoms with Crippen LogP contribution >= 0.6 is 15.9 Å². The van der Waals surface area contributed by atoms with E-state index in [1.165, 1.54) is 12.1 Å². The molecule has 0 amide bonds. The minimum atomic E-state index is -3.34. The van der Waals surface area contributed by atoms with Gasteiger partial charge in [0.2, 0.25) is 10.0 Å². The molecular formula is C10H14BrN3O4S. The van der Waals surface area contributed by atoms with E-state index in [-0.39, 0.29) is 23.7 Å². The van der Waals surface area contributed by atoms with Crippen molar-refractivity contribution in [2.75, 3.05) is 24.2 Å². The fourth-order valence-corrected chi connectivity index (χ4v) is 2.74. The van der Waals surface area contributed by atoms with E-state index >= 15 is 0 Å². The summed E-state index contributed by atoms with van der Waals surface area (Å²) in [5.74, 6) is -0.148. The molecule has 1 aromatic rings. The van der Waals surface area contributed by atoms with Crippen LogP contribution in [0, 0.1) is 10.1 Å². The van der Waals surface area contributed by atoms with E-state index < -0.39 is 14.9 Å². The van der Waals surface area contributed by atoms with E-state index in [4.69, 9.17) is 0 Å². The average Bonchev–Trinajstić information content (AvgIpc) is 2.28. The molecule has 0 heterocycles. The number of nitrogens with zero attached hydrogens (tertiary/aromatic N) is 1. The third kappa shape index (κ3) is 5.13. The summed E-state index contributed by atoms with van der Waals surface area (Å²) in [6.45, 7) is 2.09. The van der Waals surface area contributed by atoms with Gasteiger partial charge in [0.1, 0.15) is 5.69 Å². The van der Waals surface area contributed by atoms with E-state index in [1.807, 2.05) is 0 Å². The number of nitro groups is 1. The topological polar surface area (TPSA) is 101 Å². The summed E-state index contributed by atoms with van der Waals surface area (Å²) < 4.78 is 25.8. The van der Waals surface area contributed by atoms with Crippen molar-refractivity contribution >= 4 is 37.3 Å². The molecule has 0 saturated carbocycles. The molecule has 0 atom stereocenters. The van der Waals surface area contributed by atoms with Crippen LogP contribution in [-0.2, 0) is 10.0 Å². The number of hydrogen-bond donors (Lipinski definition) is 2. The molecule has 0 radical (unpaired) electrons. The minimum absolute atomic E-state index is 0.0899. The molecule has 0 bridgehead atoms. The van der Waals surface area contributed by atoms with Crippen LogP contribution in [-0.4, -0.2) is 32.2 Å². The zero-order valence-electron chi connectivity index (χ0n) is 10.2. The first-order valence-electron chi connectivity index (χ1n) is 5.51. The third-order valence-electron chi connectivity index (χ3n) is 2.21. The van der Waals surface area contributed by atoms with Gasteiger partial charge in [-0.15, -0.1) is 0 Å². The molecule has 0 unspecified atom stereocenters. The number of nitrogens with one attached hydrogen (secondary N) is 2. The monoisotopic (exact) mass is 351 g/mol. The Labute approximate surface area is 119 Å². The Hall–Kier alpha value is -1.19. The molecule has 1 rings (SSSR count). The summed E-state index contributed by atoms with van der Waals surface area (Å²) in [4.78, 5) is 10.3. The van der Waals surface area contributed by atoms with E-state index in [2.05, 4.69) is 26.0 Å². The molecule has 0 aliphatic carbocycles. The molecule has 0 aromatic heterocycles. The Morgan fingerprint density at radius 2 is 2.11 bits per heavy atom. The summed E-state index contributed by atoms with van der Waals surface area (Å²) in [5, 5.41) is 13.6. The SMILES string of the molecule is CCNS(=O)(=O)CCNc1cc(Br)ccc1[N+](=O)[O-]. The number of rotatable bonds is 7. The van der Waals surface area contributed by atoms with Gasteiger partial charge in [0.25, 0.3) is 5.69 Å². The molecule has 106 valence electrons. The first-order valence-corrected chi connectivity index (χ1v) is 7.95. The van der Waals surface area contributed by atoms with Crippen LogP contribution in [0.3, 0.4) is 0 Å². The summed E-state index contributed by atoms with van der Waals surface area (Å²) in [5.41, 5.74) is 0.190. The van der Waals surface area contributed by atoms with Gasteiger partial charge in [-0.1, -0.05) is 22.9 Å². The molecular weight excluding hydrogens is 338 g/mol. The van der Waals surface area contributed by atoms with E-state index in [1.54, 1.807) is 13.0 Å². The van der Waals surface area contributed by atoms with Crippen molar-refractivity contribution in [1.82, 2.24) is 4.72 Å². The molecule has 0 fully saturated rings. The zero-order valence-corrected chi connectivity index (χ0v) is 12.6. The van der Waals surface area contributed by atoms with E-state index in [0.717, 1.165) is 0 Å². The second-order valence-electron chi connectivity index (χ2n) is 3.66. The van der Waals surface area contributed by atoms with Crippen LogP contribution in [0.1, 0.15) is 6.92 Å². The highest BCUT2D eigenvalue weighted by molar-refractivity contribution is 9.10. The zero-order chi connectivity index (χ0) is 14.5. The first-order chi connectivity index (χ1) is 8.85. The predicted octanol–water partition coefficient (Wildman–Crippen LogP) is 1.71. The molecule has 19 heavy (non-hydrogen) atoms. The fourth-order valence-electron chi connectivity index (χ4n) is 1.42. The lowest BCUT2D eigenvalue weighted by Gasteiger charge is -2.08. The van der Waals surface area contributed by atoms with Gasteiger partial charge < -0.3 is 5.32 Å². The highest BCUT2D eigenvalue weighted by atomic mass is 79.9. The normalized spacial score (nSPS) is 11.3. The Morgan fingerprint density at radius 3 is 2.68 bits per heavy atom. The molecule has 7 nitrogen and oxygen atoms in total. The van der Waals surface area contributed by atoms with Crippen LogP contribution in [0.15, 0.2) is 22.7 Å². The van der Waals surface area contributed by atoms with Crippen molar-refractivity contribution in [3.05, 3.63) is 32.8 Å². The molecule has 0 aliphatic heterocycles. The van der Waals surface area contributed by atoms with Gasteiger partial charge in [-0.2, -0.15) is 0 Å². The lowest BCUT2D eigenvalue weighted by Crippen LogP contribution is -2.29. The van der Waals surface area contributed by atoms with Crippen molar-refractivity contribution in [2.24, 2.45) is 0 Å². The number of benzene rings is 1. The van der Waals surface area contributed by atoms with Gasteiger partial charge in [-0.25, -0.2) is 13.1 Å². The molecule has 1 aromatic carbocycles. The van der Waals surface area contributed by atoms with Crippen LogP contribution in [0.2, 0.25) is 0 Å². The lowest BCUT2D eigenvalue weighted by atomic mass is 10.2. The molecule has 9 heteroatoms. The lowest BCUT2D eigenvalue weighted by molar-refractivity contribution is -0.384. The molecule has 2 N–H and O–H groups in total. The quantitative estimate of drug-likeness (QED) is 0.575. The van der Waals surface area contributed by atoms with Crippen LogP contribution in [0.4, 0.5) is 11.4 Å². The van der Waals surface area contributed by atoms with Crippen molar-refractivity contribution in [2.45, 2.75) is 6.92 Å². The van der Waals surface area contributed by atoms with Gasteiger partial charge in [-0.3, -0.25) is 10.1 Å². The maximum Gasteiger partial charge on any atom is 0.292 e. The van der Waals surface area contributed by atoms with Gasteiger partial charge >= 0.3 is 0 Å². The Morgan fingerprint density at radius 1 is 1.42 bits per heavy atom. The third-order valence-corrected chi connectivity index (χ3v) is 4.17. The largest absolute Gasteiger partial charge is 0.378 e. The molecule has 0 spiro atoms. The number of sulfonamides is 1.